The van der Waals surface area contributed by atoms with E-state index in [1.807, 2.05) is 0 Å². The van der Waals surface area contributed by atoms with E-state index >= 15 is 0 Å². The van der Waals surface area contributed by atoms with Gasteiger partial charge in [-0.2, -0.15) is 4.72 Å². The first-order chi connectivity index (χ1) is 12.6. The molecule has 27 heavy (non-hydrogen) atoms. The molecule has 0 aliphatic rings. The Morgan fingerprint density at radius 3 is 2.19 bits per heavy atom. The lowest BCUT2D eigenvalue weighted by Crippen LogP contribution is -2.50. The Kier molecular flexibility index (Phi) is 6.97. The van der Waals surface area contributed by atoms with Crippen molar-refractivity contribution in [1.29, 1.82) is 0 Å². The Hall–Kier alpha value is -1.96. The molecule has 2 atom stereocenters. The molecule has 0 saturated heterocycles. The molecular formula is C19H22ClFN2O3S. The molecule has 0 aliphatic carbocycles. The minimum absolute atomic E-state index is 0.00695. The Morgan fingerprint density at radius 2 is 1.63 bits per heavy atom. The molecule has 0 aromatic heterocycles. The van der Waals surface area contributed by atoms with Gasteiger partial charge in [0.15, 0.2) is 0 Å². The van der Waals surface area contributed by atoms with Gasteiger partial charge in [0.1, 0.15) is 11.9 Å². The minimum Gasteiger partial charge on any atom is -0.348 e. The second-order valence-corrected chi connectivity index (χ2v) is 8.70. The average molecular weight is 413 g/mol. The number of hydrogen-bond acceptors (Lipinski definition) is 3. The Morgan fingerprint density at radius 1 is 1.04 bits per heavy atom. The second kappa shape index (κ2) is 8.82. The predicted molar refractivity (Wildman–Crippen MR) is 103 cm³/mol. The number of sulfonamides is 1. The summed E-state index contributed by atoms with van der Waals surface area (Å²) in [7, 11) is -3.92. The zero-order valence-electron chi connectivity index (χ0n) is 15.2. The van der Waals surface area contributed by atoms with E-state index in [4.69, 9.17) is 11.6 Å². The van der Waals surface area contributed by atoms with E-state index < -0.39 is 33.8 Å². The number of rotatable bonds is 7. The molecule has 2 N–H and O–H groups in total. The van der Waals surface area contributed by atoms with Crippen LogP contribution in [0.3, 0.4) is 0 Å². The summed E-state index contributed by atoms with van der Waals surface area (Å²) in [5.41, 5.74) is 0.328. The summed E-state index contributed by atoms with van der Waals surface area (Å²) in [5.74, 6) is -1.29. The van der Waals surface area contributed by atoms with Gasteiger partial charge < -0.3 is 5.32 Å². The highest BCUT2D eigenvalue weighted by Gasteiger charge is 2.29. The van der Waals surface area contributed by atoms with Crippen LogP contribution in [0.2, 0.25) is 5.02 Å². The average Bonchev–Trinajstić information content (AvgIpc) is 2.60. The summed E-state index contributed by atoms with van der Waals surface area (Å²) >= 11 is 5.79. The van der Waals surface area contributed by atoms with Crippen LogP contribution in [0.15, 0.2) is 53.4 Å². The van der Waals surface area contributed by atoms with Crippen molar-refractivity contribution in [1.82, 2.24) is 10.0 Å². The molecule has 1 amide bonds. The van der Waals surface area contributed by atoms with Crippen molar-refractivity contribution in [2.24, 2.45) is 5.92 Å². The Balaban J connectivity index is 2.17. The van der Waals surface area contributed by atoms with Gasteiger partial charge in [0.2, 0.25) is 15.9 Å². The summed E-state index contributed by atoms with van der Waals surface area (Å²) < 4.78 is 41.5. The van der Waals surface area contributed by atoms with E-state index in [0.29, 0.717) is 10.6 Å². The standard InChI is InChI=1S/C19H22ClFN2O3S/c1-12(2)18(23-27(25,26)15-10-8-14(20)9-11-15)19(24)22-13(3)16-6-4-5-7-17(16)21/h4-13,18,23H,1-3H3,(H,22,24)/t13?,18-/m0/s1. The molecule has 8 heteroatoms. The number of carbonyl (C=O) groups excluding carboxylic acids is 1. The Bertz CT molecular complexity index is 901. The van der Waals surface area contributed by atoms with Crippen LogP contribution in [0.25, 0.3) is 0 Å². The number of carbonyl (C=O) groups is 1. The third kappa shape index (κ3) is 5.51. The van der Waals surface area contributed by atoms with Crippen LogP contribution in [-0.2, 0) is 14.8 Å². The highest BCUT2D eigenvalue weighted by Crippen LogP contribution is 2.18. The van der Waals surface area contributed by atoms with Gasteiger partial charge in [-0.3, -0.25) is 4.79 Å². The van der Waals surface area contributed by atoms with E-state index in [9.17, 15) is 17.6 Å². The number of hydrogen-bond donors (Lipinski definition) is 2. The van der Waals surface area contributed by atoms with Crippen LogP contribution in [0, 0.1) is 11.7 Å². The van der Waals surface area contributed by atoms with E-state index in [-0.39, 0.29) is 10.8 Å². The predicted octanol–water partition coefficient (Wildman–Crippen LogP) is 3.66. The normalized spacial score (nSPS) is 14.0. The molecule has 2 rings (SSSR count). The van der Waals surface area contributed by atoms with Crippen molar-refractivity contribution >= 4 is 27.5 Å². The van der Waals surface area contributed by atoms with Crippen molar-refractivity contribution in [2.45, 2.75) is 37.8 Å². The second-order valence-electron chi connectivity index (χ2n) is 6.55. The quantitative estimate of drug-likeness (QED) is 0.728. The molecule has 2 aromatic carbocycles. The SMILES string of the molecule is CC(NC(=O)[C@@H](NS(=O)(=O)c1ccc(Cl)cc1)C(C)C)c1ccccc1F. The molecule has 0 radical (unpaired) electrons. The first kappa shape index (κ1) is 21.3. The number of halogens is 2. The molecule has 0 saturated carbocycles. The molecule has 0 fully saturated rings. The van der Waals surface area contributed by atoms with Crippen LogP contribution in [0.5, 0.6) is 0 Å². The van der Waals surface area contributed by atoms with Crippen LogP contribution < -0.4 is 10.0 Å². The van der Waals surface area contributed by atoms with Gasteiger partial charge in [-0.25, -0.2) is 12.8 Å². The molecule has 5 nitrogen and oxygen atoms in total. The van der Waals surface area contributed by atoms with Crippen molar-refractivity contribution in [3.8, 4) is 0 Å². The van der Waals surface area contributed by atoms with Crippen molar-refractivity contribution < 1.29 is 17.6 Å². The van der Waals surface area contributed by atoms with Gasteiger partial charge in [0.25, 0.3) is 0 Å². The van der Waals surface area contributed by atoms with E-state index in [2.05, 4.69) is 10.0 Å². The zero-order chi connectivity index (χ0) is 20.2. The molecule has 0 aliphatic heterocycles. The summed E-state index contributed by atoms with van der Waals surface area (Å²) in [5, 5.41) is 3.08. The maximum Gasteiger partial charge on any atom is 0.241 e. The van der Waals surface area contributed by atoms with Crippen molar-refractivity contribution in [3.63, 3.8) is 0 Å². The monoisotopic (exact) mass is 412 g/mol. The topological polar surface area (TPSA) is 75.3 Å². The van der Waals surface area contributed by atoms with E-state index in [0.717, 1.165) is 0 Å². The van der Waals surface area contributed by atoms with Crippen LogP contribution in [0.1, 0.15) is 32.4 Å². The molecule has 1 unspecified atom stereocenters. The summed E-state index contributed by atoms with van der Waals surface area (Å²) in [6, 6.07) is 10.1. The van der Waals surface area contributed by atoms with Gasteiger partial charge in [-0.1, -0.05) is 43.6 Å². The molecule has 0 bridgehead atoms. The third-order valence-corrected chi connectivity index (χ3v) is 5.79. The number of benzene rings is 2. The maximum absolute atomic E-state index is 13.9. The van der Waals surface area contributed by atoms with Gasteiger partial charge >= 0.3 is 0 Å². The fourth-order valence-corrected chi connectivity index (χ4v) is 4.02. The lowest BCUT2D eigenvalue weighted by atomic mass is 10.0. The summed E-state index contributed by atoms with van der Waals surface area (Å²) in [6.45, 7) is 5.09. The molecule has 146 valence electrons. The largest absolute Gasteiger partial charge is 0.348 e. The molecule has 0 heterocycles. The Labute approximate surface area is 164 Å². The molecular weight excluding hydrogens is 391 g/mol. The van der Waals surface area contributed by atoms with E-state index in [1.165, 1.54) is 30.3 Å². The number of nitrogens with one attached hydrogen (secondary N) is 2. The van der Waals surface area contributed by atoms with Crippen LogP contribution in [0.4, 0.5) is 4.39 Å². The summed E-state index contributed by atoms with van der Waals surface area (Å²) in [6.07, 6.45) is 0. The highest BCUT2D eigenvalue weighted by molar-refractivity contribution is 7.89. The molecule has 2 aromatic rings. The third-order valence-electron chi connectivity index (χ3n) is 4.09. The zero-order valence-corrected chi connectivity index (χ0v) is 16.8. The fraction of sp³-hybridized carbons (Fsp3) is 0.316. The van der Waals surface area contributed by atoms with Gasteiger partial charge in [0.05, 0.1) is 10.9 Å². The highest BCUT2D eigenvalue weighted by atomic mass is 35.5. The van der Waals surface area contributed by atoms with Gasteiger partial charge in [-0.05, 0) is 43.2 Å². The minimum atomic E-state index is -3.92. The fourth-order valence-electron chi connectivity index (χ4n) is 2.55. The van der Waals surface area contributed by atoms with Crippen molar-refractivity contribution in [3.05, 3.63) is 64.9 Å². The smallest absolute Gasteiger partial charge is 0.241 e. The first-order valence-corrected chi connectivity index (χ1v) is 10.3. The lowest BCUT2D eigenvalue weighted by molar-refractivity contribution is -0.124. The van der Waals surface area contributed by atoms with Crippen LogP contribution in [-0.4, -0.2) is 20.4 Å². The van der Waals surface area contributed by atoms with E-state index in [1.54, 1.807) is 39.0 Å². The van der Waals surface area contributed by atoms with Crippen molar-refractivity contribution in [2.75, 3.05) is 0 Å². The summed E-state index contributed by atoms with van der Waals surface area (Å²) in [4.78, 5) is 12.7. The first-order valence-electron chi connectivity index (χ1n) is 8.44. The van der Waals surface area contributed by atoms with Gasteiger partial charge in [-0.15, -0.1) is 0 Å². The van der Waals surface area contributed by atoms with Crippen LogP contribution >= 0.6 is 11.6 Å². The lowest BCUT2D eigenvalue weighted by Gasteiger charge is -2.24. The molecule has 0 spiro atoms. The van der Waals surface area contributed by atoms with Gasteiger partial charge in [0, 0.05) is 10.6 Å². The maximum atomic E-state index is 13.9. The number of amides is 1.